The first-order valence-electron chi connectivity index (χ1n) is 12.3. The van der Waals surface area contributed by atoms with Gasteiger partial charge in [0.2, 0.25) is 11.8 Å². The minimum atomic E-state index is -0.301. The fourth-order valence-corrected chi connectivity index (χ4v) is 4.23. The van der Waals surface area contributed by atoms with Gasteiger partial charge < -0.3 is 22.1 Å². The van der Waals surface area contributed by atoms with E-state index in [1.807, 2.05) is 12.2 Å². The quantitative estimate of drug-likeness (QED) is 0.213. The summed E-state index contributed by atoms with van der Waals surface area (Å²) in [6, 6.07) is -0.177. The summed E-state index contributed by atoms with van der Waals surface area (Å²) in [6.07, 6.45) is 18.4. The maximum atomic E-state index is 12.7. The summed E-state index contributed by atoms with van der Waals surface area (Å²) < 4.78 is 0. The average Bonchev–Trinajstić information content (AvgIpc) is 2.75. The monoisotopic (exact) mass is 422 g/mol. The molecule has 0 saturated heterocycles. The number of carbonyl (C=O) groups excluding carboxylic acids is 2. The Morgan fingerprint density at radius 2 is 1.83 bits per heavy atom. The summed E-state index contributed by atoms with van der Waals surface area (Å²) >= 11 is 0. The van der Waals surface area contributed by atoms with E-state index in [1.165, 1.54) is 38.5 Å². The number of primary amides is 1. The van der Waals surface area contributed by atoms with Gasteiger partial charge >= 0.3 is 0 Å². The molecule has 0 aromatic carbocycles. The maximum Gasteiger partial charge on any atom is 0.237 e. The van der Waals surface area contributed by atoms with Crippen LogP contribution in [0.15, 0.2) is 12.2 Å². The summed E-state index contributed by atoms with van der Waals surface area (Å²) in [7, 11) is 0. The van der Waals surface area contributed by atoms with E-state index < -0.39 is 0 Å². The van der Waals surface area contributed by atoms with E-state index in [1.54, 1.807) is 0 Å². The Morgan fingerprint density at radius 1 is 1.07 bits per heavy atom. The van der Waals surface area contributed by atoms with Gasteiger partial charge in [-0.1, -0.05) is 70.4 Å². The lowest BCUT2D eigenvalue weighted by atomic mass is 9.86. The fraction of sp³-hybridized carbons (Fsp3) is 0.833. The van der Waals surface area contributed by atoms with Crippen molar-refractivity contribution in [2.75, 3.05) is 19.6 Å². The second-order valence-corrected chi connectivity index (χ2v) is 8.76. The summed E-state index contributed by atoms with van der Waals surface area (Å²) in [5.41, 5.74) is 11.1. The molecule has 0 heterocycles. The van der Waals surface area contributed by atoms with Crippen LogP contribution < -0.4 is 22.1 Å². The Bertz CT molecular complexity index is 490. The molecule has 0 aromatic heterocycles. The van der Waals surface area contributed by atoms with Gasteiger partial charge in [-0.05, 0) is 51.1 Å². The second kappa shape index (κ2) is 17.3. The Balaban J connectivity index is 2.38. The van der Waals surface area contributed by atoms with Crippen LogP contribution in [0.2, 0.25) is 0 Å². The van der Waals surface area contributed by atoms with E-state index in [2.05, 4.69) is 17.6 Å². The normalized spacial score (nSPS) is 17.1. The van der Waals surface area contributed by atoms with Crippen molar-refractivity contribution < 1.29 is 9.59 Å². The zero-order valence-electron chi connectivity index (χ0n) is 19.2. The Kier molecular flexibility index (Phi) is 15.4. The van der Waals surface area contributed by atoms with E-state index in [4.69, 9.17) is 11.5 Å². The molecule has 1 saturated carbocycles. The van der Waals surface area contributed by atoms with Crippen LogP contribution in [0.1, 0.15) is 90.4 Å². The third kappa shape index (κ3) is 12.3. The van der Waals surface area contributed by atoms with E-state index in [9.17, 15) is 9.59 Å². The van der Waals surface area contributed by atoms with Gasteiger partial charge in [0.25, 0.3) is 0 Å². The first-order chi connectivity index (χ1) is 14.6. The predicted octanol–water partition coefficient (Wildman–Crippen LogP) is 3.40. The van der Waals surface area contributed by atoms with Crippen molar-refractivity contribution in [3.05, 3.63) is 12.2 Å². The molecular formula is C24H46N4O2. The highest BCUT2D eigenvalue weighted by Gasteiger charge is 2.18. The number of amides is 2. The molecule has 0 bridgehead atoms. The lowest BCUT2D eigenvalue weighted by molar-refractivity contribution is -0.123. The predicted molar refractivity (Wildman–Crippen MR) is 125 cm³/mol. The highest BCUT2D eigenvalue weighted by molar-refractivity contribution is 5.82. The molecule has 1 rings (SSSR count). The highest BCUT2D eigenvalue weighted by atomic mass is 16.2. The van der Waals surface area contributed by atoms with Gasteiger partial charge in [-0.3, -0.25) is 9.59 Å². The molecule has 30 heavy (non-hydrogen) atoms. The smallest absolute Gasteiger partial charge is 0.237 e. The van der Waals surface area contributed by atoms with Crippen LogP contribution in [0.4, 0.5) is 0 Å². The summed E-state index contributed by atoms with van der Waals surface area (Å²) in [6.45, 7) is 4.06. The molecule has 1 fully saturated rings. The van der Waals surface area contributed by atoms with Crippen LogP contribution >= 0.6 is 0 Å². The van der Waals surface area contributed by atoms with Gasteiger partial charge in [-0.25, -0.2) is 0 Å². The molecule has 2 amide bonds. The van der Waals surface area contributed by atoms with Crippen molar-refractivity contribution >= 4 is 11.8 Å². The van der Waals surface area contributed by atoms with Crippen molar-refractivity contribution in [2.45, 2.75) is 96.4 Å². The molecule has 0 unspecified atom stereocenters. The first kappa shape index (κ1) is 26.6. The van der Waals surface area contributed by atoms with Gasteiger partial charge in [0.05, 0.1) is 12.0 Å². The molecule has 6 N–H and O–H groups in total. The van der Waals surface area contributed by atoms with Crippen LogP contribution in [0, 0.1) is 11.8 Å². The molecule has 0 radical (unpaired) electrons. The number of unbranched alkanes of at least 4 members (excludes halogenated alkanes) is 2. The maximum absolute atomic E-state index is 12.7. The third-order valence-corrected chi connectivity index (χ3v) is 6.16. The zero-order chi connectivity index (χ0) is 22.0. The number of rotatable bonds is 17. The lowest BCUT2D eigenvalue weighted by Crippen LogP contribution is -2.44. The van der Waals surface area contributed by atoms with Crippen LogP contribution in [-0.4, -0.2) is 37.5 Å². The number of nitrogens with one attached hydrogen (secondary N) is 2. The van der Waals surface area contributed by atoms with Gasteiger partial charge in [-0.2, -0.15) is 0 Å². The third-order valence-electron chi connectivity index (χ3n) is 6.16. The van der Waals surface area contributed by atoms with Crippen molar-refractivity contribution in [1.82, 2.24) is 10.6 Å². The van der Waals surface area contributed by atoms with E-state index in [0.29, 0.717) is 13.1 Å². The lowest BCUT2D eigenvalue weighted by Gasteiger charge is -2.22. The molecule has 174 valence electrons. The van der Waals surface area contributed by atoms with Gasteiger partial charge in [0.15, 0.2) is 0 Å². The molecule has 0 spiro atoms. The summed E-state index contributed by atoms with van der Waals surface area (Å²) in [5.74, 6) is 0.352. The van der Waals surface area contributed by atoms with Crippen LogP contribution in [0.3, 0.4) is 0 Å². The van der Waals surface area contributed by atoms with Crippen molar-refractivity contribution in [3.8, 4) is 0 Å². The first-order valence-corrected chi connectivity index (χ1v) is 12.3. The Morgan fingerprint density at radius 3 is 2.50 bits per heavy atom. The molecule has 6 heteroatoms. The standard InChI is InChI=1S/C24H46N4O2/c1-2-3-14-21(23(26)29)15-10-19-28-24(30)22(16-7-8-17-25)27-18-9-13-20-11-5-4-6-12-20/h10,15,20-22,27H,2-9,11-14,16-19,25H2,1H3,(H2,26,29)(H,28,30)/b15-10+/t21-,22+/m1/s1. The van der Waals surface area contributed by atoms with E-state index in [0.717, 1.165) is 57.4 Å². The van der Waals surface area contributed by atoms with Crippen molar-refractivity contribution in [1.29, 1.82) is 0 Å². The number of hydrogen-bond acceptors (Lipinski definition) is 4. The Labute approximate surface area is 184 Å². The topological polar surface area (TPSA) is 110 Å². The minimum Gasteiger partial charge on any atom is -0.369 e. The molecule has 6 nitrogen and oxygen atoms in total. The summed E-state index contributed by atoms with van der Waals surface area (Å²) in [5, 5.41) is 6.44. The molecular weight excluding hydrogens is 376 g/mol. The van der Waals surface area contributed by atoms with Gasteiger partial charge in [-0.15, -0.1) is 0 Å². The van der Waals surface area contributed by atoms with Crippen molar-refractivity contribution in [2.24, 2.45) is 23.3 Å². The van der Waals surface area contributed by atoms with Crippen LogP contribution in [-0.2, 0) is 9.59 Å². The SMILES string of the molecule is CCCC[C@H](/C=C/CNC(=O)[C@H](CCCCN)NCCCC1CCCCC1)C(N)=O. The van der Waals surface area contributed by atoms with Gasteiger partial charge in [0, 0.05) is 6.54 Å². The number of hydrogen-bond donors (Lipinski definition) is 4. The van der Waals surface area contributed by atoms with Crippen LogP contribution in [0.5, 0.6) is 0 Å². The molecule has 0 aromatic rings. The molecule has 0 aliphatic heterocycles. The fourth-order valence-electron chi connectivity index (χ4n) is 4.23. The molecule has 2 atom stereocenters. The second-order valence-electron chi connectivity index (χ2n) is 8.76. The van der Waals surface area contributed by atoms with E-state index in [-0.39, 0.29) is 23.8 Å². The average molecular weight is 423 g/mol. The highest BCUT2D eigenvalue weighted by Crippen LogP contribution is 2.27. The number of carbonyl (C=O) groups is 2. The minimum absolute atomic E-state index is 0.0264. The van der Waals surface area contributed by atoms with Gasteiger partial charge in [0.1, 0.15) is 0 Å². The largest absolute Gasteiger partial charge is 0.369 e. The number of nitrogens with two attached hydrogens (primary N) is 2. The summed E-state index contributed by atoms with van der Waals surface area (Å²) in [4.78, 5) is 24.2. The van der Waals surface area contributed by atoms with E-state index >= 15 is 0 Å². The van der Waals surface area contributed by atoms with Crippen LogP contribution in [0.25, 0.3) is 0 Å². The van der Waals surface area contributed by atoms with Crippen molar-refractivity contribution in [3.63, 3.8) is 0 Å². The molecule has 1 aliphatic rings. The molecule has 1 aliphatic carbocycles. The zero-order valence-corrected chi connectivity index (χ0v) is 19.2. The Hall–Kier alpha value is -1.40.